The summed E-state index contributed by atoms with van der Waals surface area (Å²) in [5.41, 5.74) is 1.59. The van der Waals surface area contributed by atoms with Gasteiger partial charge in [-0.2, -0.15) is 10.5 Å². The van der Waals surface area contributed by atoms with Crippen molar-refractivity contribution >= 4 is 46.8 Å². The fourth-order valence-electron chi connectivity index (χ4n) is 7.23. The number of morpholine rings is 1. The third kappa shape index (κ3) is 8.73. The predicted octanol–water partition coefficient (Wildman–Crippen LogP) is 3.89. The SMILES string of the molecule is C=C[C@@H]1CC1(NC(=O)[C@@H]1C[C@@H](OC2=CC(c3coc(NC(C)C)n3)Nc3c2ccc(OCCN2CCOCC2)c3Cl)CN1C(=O)[C@@H](NO)C(C)(C)C)C(=O)O. The van der Waals surface area contributed by atoms with Gasteiger partial charge in [-0.15, -0.1) is 6.58 Å². The number of hydroxylamine groups is 1. The Morgan fingerprint density at radius 3 is 2.62 bits per heavy atom. The lowest BCUT2D eigenvalue weighted by molar-refractivity contribution is -0.147. The van der Waals surface area contributed by atoms with Crippen LogP contribution in [-0.4, -0.2) is 119 Å². The number of fused-ring (bicyclic) bond motifs is 1. The van der Waals surface area contributed by atoms with Crippen LogP contribution in [0.1, 0.15) is 64.8 Å². The summed E-state index contributed by atoms with van der Waals surface area (Å²) in [7, 11) is 0. The normalized spacial score (nSPS) is 25.7. The van der Waals surface area contributed by atoms with Crippen molar-refractivity contribution in [1.82, 2.24) is 25.6 Å². The van der Waals surface area contributed by atoms with Crippen LogP contribution in [0.3, 0.4) is 0 Å². The molecule has 2 aromatic rings. The number of hydrogen-bond donors (Lipinski definition) is 6. The first kappa shape index (κ1) is 40.3. The number of carbonyl (C=O) groups is 3. The van der Waals surface area contributed by atoms with Gasteiger partial charge in [0.05, 0.1) is 31.5 Å². The largest absolute Gasteiger partial charge is 0.491 e. The molecule has 55 heavy (non-hydrogen) atoms. The molecule has 1 saturated carbocycles. The summed E-state index contributed by atoms with van der Waals surface area (Å²) in [6.07, 6.45) is 4.39. The molecular weight excluding hydrogens is 734 g/mol. The number of halogens is 1. The van der Waals surface area contributed by atoms with Crippen molar-refractivity contribution in [1.29, 1.82) is 0 Å². The molecular formula is C38H52ClN7O9. The number of benzene rings is 1. The molecule has 6 rings (SSSR count). The lowest BCUT2D eigenvalue weighted by Crippen LogP contribution is -2.58. The number of aromatic nitrogens is 1. The van der Waals surface area contributed by atoms with Gasteiger partial charge in [-0.1, -0.05) is 38.4 Å². The van der Waals surface area contributed by atoms with E-state index < -0.39 is 58.9 Å². The van der Waals surface area contributed by atoms with Gasteiger partial charge in [0.15, 0.2) is 0 Å². The van der Waals surface area contributed by atoms with Crippen LogP contribution in [0, 0.1) is 11.3 Å². The van der Waals surface area contributed by atoms with Crippen LogP contribution in [0.15, 0.2) is 41.5 Å². The van der Waals surface area contributed by atoms with Gasteiger partial charge in [0.1, 0.15) is 58.8 Å². The molecule has 0 radical (unpaired) electrons. The summed E-state index contributed by atoms with van der Waals surface area (Å²) in [5.74, 6) is -1.90. The number of nitrogens with zero attached hydrogens (tertiary/aromatic N) is 3. The van der Waals surface area contributed by atoms with Crippen molar-refractivity contribution in [2.75, 3.05) is 56.6 Å². The molecule has 6 N–H and O–H groups in total. The van der Waals surface area contributed by atoms with Crippen LogP contribution in [0.2, 0.25) is 5.02 Å². The maximum absolute atomic E-state index is 14.0. The maximum atomic E-state index is 14.0. The van der Waals surface area contributed by atoms with Crippen molar-refractivity contribution < 1.29 is 43.3 Å². The van der Waals surface area contributed by atoms with Crippen molar-refractivity contribution in [3.63, 3.8) is 0 Å². The van der Waals surface area contributed by atoms with Gasteiger partial charge in [-0.25, -0.2) is 4.79 Å². The highest BCUT2D eigenvalue weighted by Crippen LogP contribution is 2.46. The molecule has 1 aromatic carbocycles. The number of carbonyl (C=O) groups excluding carboxylic acids is 2. The average molecular weight is 786 g/mol. The first-order valence-corrected chi connectivity index (χ1v) is 19.0. The molecule has 4 aliphatic rings. The highest BCUT2D eigenvalue weighted by molar-refractivity contribution is 6.35. The zero-order valence-corrected chi connectivity index (χ0v) is 32.6. The quantitative estimate of drug-likeness (QED) is 0.112. The van der Waals surface area contributed by atoms with Crippen LogP contribution in [0.4, 0.5) is 11.7 Å². The second-order valence-corrected chi connectivity index (χ2v) is 16.2. The number of carboxylic acids is 1. The zero-order valence-electron chi connectivity index (χ0n) is 31.9. The van der Waals surface area contributed by atoms with Gasteiger partial charge in [0, 0.05) is 43.6 Å². The van der Waals surface area contributed by atoms with E-state index in [-0.39, 0.29) is 25.4 Å². The van der Waals surface area contributed by atoms with Crippen LogP contribution in [-0.2, 0) is 23.9 Å². The molecule has 16 nitrogen and oxygen atoms in total. The third-order valence-electron chi connectivity index (χ3n) is 10.4. The molecule has 2 unspecified atom stereocenters. The van der Waals surface area contributed by atoms with E-state index in [9.17, 15) is 24.7 Å². The maximum Gasteiger partial charge on any atom is 0.330 e. The molecule has 6 atom stereocenters. The number of rotatable bonds is 15. The molecule has 300 valence electrons. The van der Waals surface area contributed by atoms with E-state index in [1.54, 1.807) is 26.8 Å². The summed E-state index contributed by atoms with van der Waals surface area (Å²) in [6, 6.07) is 1.32. The van der Waals surface area contributed by atoms with Crippen molar-refractivity contribution in [2.24, 2.45) is 11.3 Å². The van der Waals surface area contributed by atoms with E-state index in [0.29, 0.717) is 65.9 Å². The first-order chi connectivity index (χ1) is 26.1. The first-order valence-electron chi connectivity index (χ1n) is 18.7. The van der Waals surface area contributed by atoms with E-state index in [1.807, 2.05) is 26.0 Å². The number of oxazole rings is 1. The summed E-state index contributed by atoms with van der Waals surface area (Å²) < 4.78 is 24.0. The number of nitrogens with one attached hydrogen (secondary N) is 4. The molecule has 0 spiro atoms. The molecule has 2 saturated heterocycles. The number of ether oxygens (including phenoxy) is 3. The van der Waals surface area contributed by atoms with E-state index in [4.69, 9.17) is 30.2 Å². The summed E-state index contributed by atoms with van der Waals surface area (Å²) in [5, 5.41) is 29.7. The predicted molar refractivity (Wildman–Crippen MR) is 204 cm³/mol. The number of likely N-dealkylation sites (tertiary alicyclic amines) is 1. The van der Waals surface area contributed by atoms with Gasteiger partial charge in [-0.3, -0.25) is 14.5 Å². The Balaban J connectivity index is 1.29. The van der Waals surface area contributed by atoms with Crippen LogP contribution in [0.5, 0.6) is 5.75 Å². The fraction of sp³-hybridized carbons (Fsp3) is 0.579. The topological polar surface area (TPSA) is 200 Å². The van der Waals surface area contributed by atoms with Gasteiger partial charge in [0.2, 0.25) is 11.8 Å². The second-order valence-electron chi connectivity index (χ2n) is 15.9. The minimum atomic E-state index is -1.51. The van der Waals surface area contributed by atoms with Crippen LogP contribution in [0.25, 0.3) is 5.76 Å². The minimum Gasteiger partial charge on any atom is -0.491 e. The highest BCUT2D eigenvalue weighted by atomic mass is 35.5. The number of anilines is 2. The Labute approximate surface area is 325 Å². The fourth-order valence-corrected chi connectivity index (χ4v) is 7.50. The monoisotopic (exact) mass is 785 g/mol. The van der Waals surface area contributed by atoms with Crippen molar-refractivity contribution in [3.05, 3.63) is 53.4 Å². The molecule has 0 bridgehead atoms. The van der Waals surface area contributed by atoms with Gasteiger partial charge in [0.25, 0.3) is 6.01 Å². The number of hydrogen-bond acceptors (Lipinski definition) is 13. The van der Waals surface area contributed by atoms with Gasteiger partial charge < -0.3 is 49.8 Å². The van der Waals surface area contributed by atoms with Crippen molar-refractivity contribution in [3.8, 4) is 5.75 Å². The van der Waals surface area contributed by atoms with Gasteiger partial charge in [-0.05, 0) is 43.9 Å². The second kappa shape index (κ2) is 16.4. The van der Waals surface area contributed by atoms with E-state index in [1.165, 1.54) is 17.2 Å². The number of aliphatic carboxylic acids is 1. The standard InChI is InChI=1S/C38H52ClN7O9/c1-7-22-18-38(22,35(49)50)43-33(47)27-16-23(19-46(27)34(48)32(44-51)37(4,5)6)55-29-17-25(26-20-54-36(42-26)40-21(2)3)41-31-24(29)8-9-28(30(31)39)53-15-12-45-10-13-52-14-11-45/h7-9,17,20-23,25,27,32,41,44,51H,1,10-16,18-19H2,2-6H3,(H,40,42)(H,43,47)(H,49,50)/t22-,23-,25?,27+,32-,38?/m1/s1. The van der Waals surface area contributed by atoms with Crippen LogP contribution < -0.4 is 26.2 Å². The number of amides is 2. The third-order valence-corrected chi connectivity index (χ3v) is 10.8. The smallest absolute Gasteiger partial charge is 0.330 e. The Kier molecular flexibility index (Phi) is 12.0. The summed E-state index contributed by atoms with van der Waals surface area (Å²) in [4.78, 5) is 48.5. The highest BCUT2D eigenvalue weighted by Gasteiger charge is 2.61. The van der Waals surface area contributed by atoms with E-state index >= 15 is 0 Å². The molecule has 4 heterocycles. The average Bonchev–Trinajstić information content (AvgIpc) is 3.41. The molecule has 1 aliphatic carbocycles. The lowest BCUT2D eigenvalue weighted by Gasteiger charge is -2.34. The van der Waals surface area contributed by atoms with Crippen LogP contribution >= 0.6 is 11.6 Å². The molecule has 3 aliphatic heterocycles. The molecule has 3 fully saturated rings. The molecule has 1 aromatic heterocycles. The zero-order chi connectivity index (χ0) is 39.7. The summed E-state index contributed by atoms with van der Waals surface area (Å²) >= 11 is 7.05. The van der Waals surface area contributed by atoms with Gasteiger partial charge >= 0.3 is 5.97 Å². The Hall–Kier alpha value is -4.35. The van der Waals surface area contributed by atoms with E-state index in [2.05, 4.69) is 37.9 Å². The Bertz CT molecular complexity index is 1790. The summed E-state index contributed by atoms with van der Waals surface area (Å²) in [6.45, 7) is 17.1. The lowest BCUT2D eigenvalue weighted by atomic mass is 9.86. The molecule has 17 heteroatoms. The molecule has 2 amide bonds. The van der Waals surface area contributed by atoms with E-state index in [0.717, 1.165) is 13.1 Å². The Morgan fingerprint density at radius 2 is 1.98 bits per heavy atom. The van der Waals surface area contributed by atoms with Crippen molar-refractivity contribution in [2.45, 2.75) is 83.3 Å². The Morgan fingerprint density at radius 1 is 1.24 bits per heavy atom. The number of carboxylic acid groups (broad SMARTS) is 1. The minimum absolute atomic E-state index is 0.0240.